The second kappa shape index (κ2) is 9.96. The minimum Gasteiger partial charge on any atom is -0.326 e. The van der Waals surface area contributed by atoms with Crippen LogP contribution >= 0.6 is 0 Å². The van der Waals surface area contributed by atoms with Crippen LogP contribution in [-0.2, 0) is 4.79 Å². The fourth-order valence-electron chi connectivity index (χ4n) is 2.39. The standard InChI is InChI=1S/C20H22N4O4/c1-3-4-8-19(25)21-17-7-5-6-16(13-17)20(26)23-22-14(2)15-9-11-18(12-10-15)24(27)28/h5-7,9-13H,3-4,8H2,1-2H3,(H,21,25)(H,23,26)/b22-14+. The summed E-state index contributed by atoms with van der Waals surface area (Å²) in [6.07, 6.45) is 2.18. The summed E-state index contributed by atoms with van der Waals surface area (Å²) in [5.41, 5.74) is 4.50. The van der Waals surface area contributed by atoms with Gasteiger partial charge in [0.25, 0.3) is 11.6 Å². The van der Waals surface area contributed by atoms with Crippen molar-refractivity contribution in [2.45, 2.75) is 33.1 Å². The molecule has 2 rings (SSSR count). The Labute approximate surface area is 162 Å². The Balaban J connectivity index is 2.01. The van der Waals surface area contributed by atoms with E-state index in [0.717, 1.165) is 12.8 Å². The van der Waals surface area contributed by atoms with Gasteiger partial charge >= 0.3 is 0 Å². The van der Waals surface area contributed by atoms with Gasteiger partial charge in [0.2, 0.25) is 5.91 Å². The molecule has 0 atom stereocenters. The van der Waals surface area contributed by atoms with Crippen molar-refractivity contribution >= 4 is 28.9 Å². The molecule has 146 valence electrons. The van der Waals surface area contributed by atoms with Crippen molar-refractivity contribution in [1.29, 1.82) is 0 Å². The molecule has 0 aliphatic rings. The average Bonchev–Trinajstić information content (AvgIpc) is 2.70. The number of nitrogens with zero attached hydrogens (tertiary/aromatic N) is 2. The van der Waals surface area contributed by atoms with Gasteiger partial charge in [0.15, 0.2) is 0 Å². The molecule has 0 bridgehead atoms. The van der Waals surface area contributed by atoms with Crippen LogP contribution in [0, 0.1) is 10.1 Å². The zero-order valence-corrected chi connectivity index (χ0v) is 15.8. The van der Waals surface area contributed by atoms with Crippen molar-refractivity contribution in [3.63, 3.8) is 0 Å². The van der Waals surface area contributed by atoms with Crippen molar-refractivity contribution in [3.05, 3.63) is 69.8 Å². The number of carbonyl (C=O) groups excluding carboxylic acids is 2. The van der Waals surface area contributed by atoms with Gasteiger partial charge in [-0.2, -0.15) is 5.10 Å². The topological polar surface area (TPSA) is 114 Å². The predicted molar refractivity (Wildman–Crippen MR) is 107 cm³/mol. The molecule has 0 aliphatic carbocycles. The van der Waals surface area contributed by atoms with Gasteiger partial charge in [-0.1, -0.05) is 19.4 Å². The molecule has 0 unspecified atom stereocenters. The van der Waals surface area contributed by atoms with Gasteiger partial charge in [0.1, 0.15) is 0 Å². The molecule has 0 fully saturated rings. The monoisotopic (exact) mass is 382 g/mol. The average molecular weight is 382 g/mol. The van der Waals surface area contributed by atoms with Gasteiger partial charge < -0.3 is 5.32 Å². The van der Waals surface area contributed by atoms with Crippen molar-refractivity contribution in [3.8, 4) is 0 Å². The Morgan fingerprint density at radius 3 is 2.46 bits per heavy atom. The maximum absolute atomic E-state index is 12.3. The van der Waals surface area contributed by atoms with E-state index in [9.17, 15) is 19.7 Å². The van der Waals surface area contributed by atoms with Crippen molar-refractivity contribution in [1.82, 2.24) is 5.43 Å². The molecule has 28 heavy (non-hydrogen) atoms. The van der Waals surface area contributed by atoms with Gasteiger partial charge in [-0.25, -0.2) is 5.43 Å². The first-order valence-electron chi connectivity index (χ1n) is 8.90. The largest absolute Gasteiger partial charge is 0.326 e. The summed E-state index contributed by atoms with van der Waals surface area (Å²) in [5.74, 6) is -0.516. The molecule has 2 aromatic carbocycles. The van der Waals surface area contributed by atoms with E-state index in [2.05, 4.69) is 15.8 Å². The highest BCUT2D eigenvalue weighted by molar-refractivity contribution is 6.01. The smallest absolute Gasteiger partial charge is 0.271 e. The molecule has 2 aromatic rings. The molecule has 0 saturated heterocycles. The van der Waals surface area contributed by atoms with Crippen LogP contribution in [0.15, 0.2) is 53.6 Å². The van der Waals surface area contributed by atoms with E-state index in [1.807, 2.05) is 6.92 Å². The van der Waals surface area contributed by atoms with E-state index >= 15 is 0 Å². The number of hydrazone groups is 1. The summed E-state index contributed by atoms with van der Waals surface area (Å²) in [6, 6.07) is 12.5. The van der Waals surface area contributed by atoms with E-state index in [1.165, 1.54) is 12.1 Å². The summed E-state index contributed by atoms with van der Waals surface area (Å²) in [4.78, 5) is 34.3. The molecule has 8 nitrogen and oxygen atoms in total. The second-order valence-electron chi connectivity index (χ2n) is 6.17. The van der Waals surface area contributed by atoms with Crippen LogP contribution in [0.2, 0.25) is 0 Å². The van der Waals surface area contributed by atoms with Crippen molar-refractivity contribution in [2.24, 2.45) is 5.10 Å². The Hall–Kier alpha value is -3.55. The van der Waals surface area contributed by atoms with Crippen LogP contribution in [0.5, 0.6) is 0 Å². The normalized spacial score (nSPS) is 11.0. The number of rotatable bonds is 8. The molecule has 0 radical (unpaired) electrons. The van der Waals surface area contributed by atoms with E-state index in [-0.39, 0.29) is 11.6 Å². The molecular formula is C20H22N4O4. The lowest BCUT2D eigenvalue weighted by molar-refractivity contribution is -0.384. The fraction of sp³-hybridized carbons (Fsp3) is 0.250. The minimum atomic E-state index is -0.480. The lowest BCUT2D eigenvalue weighted by Crippen LogP contribution is -2.20. The highest BCUT2D eigenvalue weighted by Gasteiger charge is 2.09. The number of nitrogens with one attached hydrogen (secondary N) is 2. The highest BCUT2D eigenvalue weighted by atomic mass is 16.6. The number of anilines is 1. The minimum absolute atomic E-state index is 0.0154. The first-order valence-corrected chi connectivity index (χ1v) is 8.90. The van der Waals surface area contributed by atoms with Crippen LogP contribution in [0.25, 0.3) is 0 Å². The van der Waals surface area contributed by atoms with Crippen LogP contribution in [-0.4, -0.2) is 22.4 Å². The molecule has 0 aromatic heterocycles. The maximum Gasteiger partial charge on any atom is 0.271 e. The number of amides is 2. The number of carbonyl (C=O) groups is 2. The summed E-state index contributed by atoms with van der Waals surface area (Å²) in [6.45, 7) is 3.70. The summed E-state index contributed by atoms with van der Waals surface area (Å²) in [7, 11) is 0. The Kier molecular flexibility index (Phi) is 7.38. The quantitative estimate of drug-likeness (QED) is 0.410. The molecule has 0 heterocycles. The molecule has 0 saturated carbocycles. The molecule has 8 heteroatoms. The van der Waals surface area contributed by atoms with Crippen LogP contribution in [0.4, 0.5) is 11.4 Å². The van der Waals surface area contributed by atoms with Gasteiger partial charge in [0.05, 0.1) is 10.6 Å². The molecule has 2 amide bonds. The molecular weight excluding hydrogens is 360 g/mol. The Bertz CT molecular complexity index is 891. The van der Waals surface area contributed by atoms with Crippen molar-refractivity contribution in [2.75, 3.05) is 5.32 Å². The van der Waals surface area contributed by atoms with Crippen LogP contribution < -0.4 is 10.7 Å². The van der Waals surface area contributed by atoms with Crippen molar-refractivity contribution < 1.29 is 14.5 Å². The molecule has 0 aliphatic heterocycles. The Morgan fingerprint density at radius 1 is 1.11 bits per heavy atom. The predicted octanol–water partition coefficient (Wildman–Crippen LogP) is 3.88. The molecule has 0 spiro atoms. The number of benzene rings is 2. The Morgan fingerprint density at radius 2 is 1.82 bits per heavy atom. The van der Waals surface area contributed by atoms with E-state index in [0.29, 0.717) is 28.9 Å². The fourth-order valence-corrected chi connectivity index (χ4v) is 2.39. The van der Waals surface area contributed by atoms with Crippen LogP contribution in [0.1, 0.15) is 49.0 Å². The van der Waals surface area contributed by atoms with E-state index in [1.54, 1.807) is 43.3 Å². The summed E-state index contributed by atoms with van der Waals surface area (Å²) >= 11 is 0. The second-order valence-corrected chi connectivity index (χ2v) is 6.17. The third kappa shape index (κ3) is 6.01. The lowest BCUT2D eigenvalue weighted by atomic mass is 10.1. The van der Waals surface area contributed by atoms with E-state index in [4.69, 9.17) is 0 Å². The first kappa shape index (κ1) is 20.8. The SMILES string of the molecule is CCCCC(=O)Nc1cccc(C(=O)N/N=C(\C)c2ccc([N+](=O)[O-])cc2)c1. The zero-order valence-electron chi connectivity index (χ0n) is 15.8. The summed E-state index contributed by atoms with van der Waals surface area (Å²) in [5, 5.41) is 17.5. The van der Waals surface area contributed by atoms with Gasteiger partial charge in [-0.05, 0) is 49.2 Å². The summed E-state index contributed by atoms with van der Waals surface area (Å²) < 4.78 is 0. The number of non-ortho nitro benzene ring substituents is 1. The maximum atomic E-state index is 12.3. The van der Waals surface area contributed by atoms with Gasteiger partial charge in [0, 0.05) is 29.8 Å². The zero-order chi connectivity index (χ0) is 20.5. The lowest BCUT2D eigenvalue weighted by Gasteiger charge is -2.07. The molecule has 2 N–H and O–H groups in total. The van der Waals surface area contributed by atoms with Gasteiger partial charge in [-0.3, -0.25) is 19.7 Å². The van der Waals surface area contributed by atoms with E-state index < -0.39 is 10.8 Å². The number of nitro benzene ring substituents is 1. The number of unbranched alkanes of at least 4 members (excludes halogenated alkanes) is 1. The number of nitro groups is 1. The highest BCUT2D eigenvalue weighted by Crippen LogP contribution is 2.13. The van der Waals surface area contributed by atoms with Crippen LogP contribution in [0.3, 0.4) is 0 Å². The van der Waals surface area contributed by atoms with Gasteiger partial charge in [-0.15, -0.1) is 0 Å². The number of hydrogen-bond donors (Lipinski definition) is 2. The third-order valence-corrected chi connectivity index (χ3v) is 3.99. The third-order valence-electron chi connectivity index (χ3n) is 3.99. The number of hydrogen-bond acceptors (Lipinski definition) is 5. The first-order chi connectivity index (χ1) is 13.4.